The van der Waals surface area contributed by atoms with Gasteiger partial charge in [0.25, 0.3) is 0 Å². The number of aromatic nitrogens is 2. The van der Waals surface area contributed by atoms with Crippen molar-refractivity contribution in [2.45, 2.75) is 25.8 Å². The van der Waals surface area contributed by atoms with Gasteiger partial charge in [-0.25, -0.2) is 0 Å². The summed E-state index contributed by atoms with van der Waals surface area (Å²) in [6.07, 6.45) is 1.69. The SMILES string of the molecule is CCCc1nc(C(N)c2cccc(OC)c2OC)no1. The van der Waals surface area contributed by atoms with Crippen LogP contribution in [0.15, 0.2) is 22.7 Å². The molecule has 0 saturated carbocycles. The number of methoxy groups -OCH3 is 2. The molecule has 1 unspecified atom stereocenters. The average molecular weight is 277 g/mol. The summed E-state index contributed by atoms with van der Waals surface area (Å²) in [5.74, 6) is 2.25. The Morgan fingerprint density at radius 3 is 2.75 bits per heavy atom. The van der Waals surface area contributed by atoms with Crippen LogP contribution in [-0.4, -0.2) is 24.4 Å². The Labute approximate surface area is 117 Å². The maximum absolute atomic E-state index is 6.21. The molecule has 0 bridgehead atoms. The topological polar surface area (TPSA) is 83.4 Å². The third-order valence-corrected chi connectivity index (χ3v) is 2.99. The van der Waals surface area contributed by atoms with Crippen molar-refractivity contribution >= 4 is 0 Å². The molecule has 2 aromatic rings. The molecule has 0 radical (unpaired) electrons. The molecule has 0 fully saturated rings. The second kappa shape index (κ2) is 6.38. The molecule has 2 rings (SSSR count). The third kappa shape index (κ3) is 2.75. The summed E-state index contributed by atoms with van der Waals surface area (Å²) in [6, 6.07) is 5.01. The van der Waals surface area contributed by atoms with E-state index < -0.39 is 6.04 Å². The first-order valence-corrected chi connectivity index (χ1v) is 6.50. The van der Waals surface area contributed by atoms with Crippen molar-refractivity contribution in [3.63, 3.8) is 0 Å². The van der Waals surface area contributed by atoms with Crippen molar-refractivity contribution in [3.8, 4) is 11.5 Å². The first-order valence-electron chi connectivity index (χ1n) is 6.50. The molecular weight excluding hydrogens is 258 g/mol. The summed E-state index contributed by atoms with van der Waals surface area (Å²) in [5, 5.41) is 3.93. The van der Waals surface area contributed by atoms with Crippen LogP contribution in [0, 0.1) is 0 Å². The Balaban J connectivity index is 2.34. The van der Waals surface area contributed by atoms with Crippen molar-refractivity contribution in [1.82, 2.24) is 10.1 Å². The van der Waals surface area contributed by atoms with E-state index in [9.17, 15) is 0 Å². The van der Waals surface area contributed by atoms with E-state index in [0.717, 1.165) is 18.4 Å². The predicted molar refractivity (Wildman–Crippen MR) is 73.9 cm³/mol. The van der Waals surface area contributed by atoms with E-state index in [1.165, 1.54) is 0 Å². The van der Waals surface area contributed by atoms with E-state index in [2.05, 4.69) is 17.1 Å². The Morgan fingerprint density at radius 2 is 2.10 bits per heavy atom. The second-order valence-corrected chi connectivity index (χ2v) is 4.36. The zero-order chi connectivity index (χ0) is 14.5. The number of nitrogens with zero attached hydrogens (tertiary/aromatic N) is 2. The first-order chi connectivity index (χ1) is 9.71. The van der Waals surface area contributed by atoms with Gasteiger partial charge in [0, 0.05) is 12.0 Å². The zero-order valence-electron chi connectivity index (χ0n) is 11.9. The first kappa shape index (κ1) is 14.3. The van der Waals surface area contributed by atoms with Crippen LogP contribution in [0.3, 0.4) is 0 Å². The maximum atomic E-state index is 6.21. The molecule has 108 valence electrons. The van der Waals surface area contributed by atoms with Gasteiger partial charge in [-0.05, 0) is 12.5 Å². The summed E-state index contributed by atoms with van der Waals surface area (Å²) >= 11 is 0. The molecule has 0 aliphatic rings. The highest BCUT2D eigenvalue weighted by atomic mass is 16.5. The van der Waals surface area contributed by atoms with Crippen molar-refractivity contribution in [1.29, 1.82) is 0 Å². The zero-order valence-corrected chi connectivity index (χ0v) is 11.9. The van der Waals surface area contributed by atoms with Crippen LogP contribution in [0.1, 0.15) is 36.7 Å². The Kier molecular flexibility index (Phi) is 4.57. The summed E-state index contributed by atoms with van der Waals surface area (Å²) in [5.41, 5.74) is 6.97. The molecule has 0 aliphatic heterocycles. The molecule has 1 atom stereocenters. The number of para-hydroxylation sites is 1. The molecule has 1 heterocycles. The van der Waals surface area contributed by atoms with Crippen LogP contribution in [-0.2, 0) is 6.42 Å². The standard InChI is InChI=1S/C14H19N3O3/c1-4-6-11-16-14(17-20-11)12(15)9-7-5-8-10(18-2)13(9)19-3/h5,7-8,12H,4,6,15H2,1-3H3. The smallest absolute Gasteiger partial charge is 0.226 e. The fraction of sp³-hybridized carbons (Fsp3) is 0.429. The third-order valence-electron chi connectivity index (χ3n) is 2.99. The Hall–Kier alpha value is -2.08. The van der Waals surface area contributed by atoms with Crippen molar-refractivity contribution in [2.75, 3.05) is 14.2 Å². The van der Waals surface area contributed by atoms with E-state index in [1.54, 1.807) is 14.2 Å². The van der Waals surface area contributed by atoms with Gasteiger partial charge in [0.05, 0.1) is 20.3 Å². The number of aryl methyl sites for hydroxylation is 1. The van der Waals surface area contributed by atoms with Gasteiger partial charge in [-0.15, -0.1) is 0 Å². The molecule has 1 aromatic heterocycles. The van der Waals surface area contributed by atoms with Gasteiger partial charge in [0.2, 0.25) is 5.89 Å². The summed E-state index contributed by atoms with van der Waals surface area (Å²) < 4.78 is 15.8. The molecule has 0 amide bonds. The second-order valence-electron chi connectivity index (χ2n) is 4.36. The minimum atomic E-state index is -0.519. The molecule has 0 aliphatic carbocycles. The van der Waals surface area contributed by atoms with Gasteiger partial charge in [-0.3, -0.25) is 0 Å². The van der Waals surface area contributed by atoms with Crippen molar-refractivity contribution in [3.05, 3.63) is 35.5 Å². The highest BCUT2D eigenvalue weighted by Crippen LogP contribution is 2.35. The predicted octanol–water partition coefficient (Wildman–Crippen LogP) is 2.09. The summed E-state index contributed by atoms with van der Waals surface area (Å²) in [6.45, 7) is 2.05. The Bertz CT molecular complexity index is 569. The molecular formula is C14H19N3O3. The van der Waals surface area contributed by atoms with Gasteiger partial charge >= 0.3 is 0 Å². The van der Waals surface area contributed by atoms with E-state index >= 15 is 0 Å². The van der Waals surface area contributed by atoms with Crippen LogP contribution in [0.4, 0.5) is 0 Å². The lowest BCUT2D eigenvalue weighted by atomic mass is 10.1. The Morgan fingerprint density at radius 1 is 1.30 bits per heavy atom. The van der Waals surface area contributed by atoms with Gasteiger partial charge in [-0.1, -0.05) is 24.2 Å². The van der Waals surface area contributed by atoms with Gasteiger partial charge in [-0.2, -0.15) is 4.98 Å². The molecule has 20 heavy (non-hydrogen) atoms. The molecule has 6 heteroatoms. The van der Waals surface area contributed by atoms with E-state index in [4.69, 9.17) is 19.7 Å². The fourth-order valence-electron chi connectivity index (χ4n) is 2.01. The largest absolute Gasteiger partial charge is 0.493 e. The minimum absolute atomic E-state index is 0.444. The number of nitrogens with two attached hydrogens (primary N) is 1. The summed E-state index contributed by atoms with van der Waals surface area (Å²) in [4.78, 5) is 4.31. The molecule has 6 nitrogen and oxygen atoms in total. The lowest BCUT2D eigenvalue weighted by Crippen LogP contribution is -2.15. The highest BCUT2D eigenvalue weighted by Gasteiger charge is 2.21. The molecule has 0 saturated heterocycles. The highest BCUT2D eigenvalue weighted by molar-refractivity contribution is 5.49. The van der Waals surface area contributed by atoms with Crippen LogP contribution >= 0.6 is 0 Å². The minimum Gasteiger partial charge on any atom is -0.493 e. The average Bonchev–Trinajstić information content (AvgIpc) is 2.94. The van der Waals surface area contributed by atoms with Crippen LogP contribution in [0.25, 0.3) is 0 Å². The van der Waals surface area contributed by atoms with Gasteiger partial charge in [0.1, 0.15) is 0 Å². The van der Waals surface area contributed by atoms with E-state index in [-0.39, 0.29) is 0 Å². The number of ether oxygens (including phenoxy) is 2. The molecule has 0 spiro atoms. The number of hydrogen-bond acceptors (Lipinski definition) is 6. The lowest BCUT2D eigenvalue weighted by Gasteiger charge is -2.15. The molecule has 2 N–H and O–H groups in total. The normalized spacial score (nSPS) is 12.2. The number of hydrogen-bond donors (Lipinski definition) is 1. The van der Waals surface area contributed by atoms with Gasteiger partial charge < -0.3 is 19.7 Å². The summed E-state index contributed by atoms with van der Waals surface area (Å²) in [7, 11) is 3.16. The monoisotopic (exact) mass is 277 g/mol. The van der Waals surface area contributed by atoms with Crippen molar-refractivity contribution < 1.29 is 14.0 Å². The van der Waals surface area contributed by atoms with Crippen LogP contribution < -0.4 is 15.2 Å². The van der Waals surface area contributed by atoms with E-state index in [0.29, 0.717) is 23.2 Å². The van der Waals surface area contributed by atoms with Crippen LogP contribution in [0.2, 0.25) is 0 Å². The lowest BCUT2D eigenvalue weighted by molar-refractivity contribution is 0.349. The van der Waals surface area contributed by atoms with Crippen LogP contribution in [0.5, 0.6) is 11.5 Å². The fourth-order valence-corrected chi connectivity index (χ4v) is 2.01. The number of rotatable bonds is 6. The quantitative estimate of drug-likeness (QED) is 0.870. The van der Waals surface area contributed by atoms with Gasteiger partial charge in [0.15, 0.2) is 17.3 Å². The van der Waals surface area contributed by atoms with Crippen molar-refractivity contribution in [2.24, 2.45) is 5.73 Å². The maximum Gasteiger partial charge on any atom is 0.226 e. The molecule has 1 aromatic carbocycles. The number of benzene rings is 1. The van der Waals surface area contributed by atoms with E-state index in [1.807, 2.05) is 18.2 Å².